The largest absolute Gasteiger partial charge is 0.495 e. The van der Waals surface area contributed by atoms with Crippen LogP contribution in [0.15, 0.2) is 25.3 Å². The molecule has 0 amide bonds. The van der Waals surface area contributed by atoms with Gasteiger partial charge in [0, 0.05) is 0 Å². The van der Waals surface area contributed by atoms with Crippen LogP contribution in [0.5, 0.6) is 0 Å². The van der Waals surface area contributed by atoms with Gasteiger partial charge >= 0.3 is 30.7 Å². The summed E-state index contributed by atoms with van der Waals surface area (Å²) >= 11 is 0. The van der Waals surface area contributed by atoms with Gasteiger partial charge in [-0.3, -0.25) is 4.74 Å². The average molecular weight is 825 g/mol. The summed E-state index contributed by atoms with van der Waals surface area (Å²) in [5.41, 5.74) is 0. The lowest BCUT2D eigenvalue weighted by atomic mass is 10.4. The molecule has 15 nitrogen and oxygen atoms in total. The van der Waals surface area contributed by atoms with Crippen LogP contribution in [0.3, 0.4) is 0 Å². The maximum Gasteiger partial charge on any atom is 0.495 e. The molecule has 25 heteroatoms. The van der Waals surface area contributed by atoms with E-state index in [2.05, 4.69) is 46.3 Å². The van der Waals surface area contributed by atoms with Crippen molar-refractivity contribution in [2.45, 2.75) is 49.0 Å². The third-order valence-corrected chi connectivity index (χ3v) is 5.16. The number of hydrogen-bond acceptors (Lipinski definition) is 15. The Hall–Kier alpha value is -1.82. The molecule has 0 heterocycles. The summed E-state index contributed by atoms with van der Waals surface area (Å²) in [4.78, 5) is 0. The van der Waals surface area contributed by atoms with Crippen LogP contribution in [0.1, 0.15) is 0 Å². The van der Waals surface area contributed by atoms with Crippen molar-refractivity contribution in [2.75, 3.05) is 113 Å². The van der Waals surface area contributed by atoms with E-state index in [0.29, 0.717) is 0 Å². The Morgan fingerprint density at radius 1 is 0.407 bits per heavy atom. The first-order valence-corrected chi connectivity index (χ1v) is 15.6. The molecule has 3 atom stereocenters. The number of alkyl halides is 10. The standard InChI is InChI=1S/C29H46F10O15/c1-3-5-43-11-23(41)15-49-18-25(30,31)52-26(32,33)20-51-21-48-10-8-46-14-22(40)13-45-7-9-47-17-27(34,35)53-29(38,39)54-28(36,37)19-50-16-24(42)12-44-6-4-2/h3-4,22-24,40-42H,1-2,5-21H2. The molecule has 3 unspecified atom stereocenters. The van der Waals surface area contributed by atoms with Gasteiger partial charge in [-0.2, -0.15) is 35.1 Å². The van der Waals surface area contributed by atoms with Crippen LogP contribution in [0.2, 0.25) is 0 Å². The van der Waals surface area contributed by atoms with E-state index in [1.807, 2.05) is 0 Å². The Balaban J connectivity index is 4.03. The smallest absolute Gasteiger partial charge is 0.388 e. The molecule has 0 aliphatic carbocycles. The molecule has 0 fully saturated rings. The van der Waals surface area contributed by atoms with Gasteiger partial charge in [-0.15, -0.1) is 21.9 Å². The second kappa shape index (κ2) is 27.7. The SMILES string of the molecule is C=CCOCC(O)COCC(F)(F)OC(F)(F)COCOCCOCC(O)COCCOCC(F)(F)OC(F)(F)OC(F)(F)COCC(O)COCC=C. The molecule has 54 heavy (non-hydrogen) atoms. The Kier molecular flexibility index (Phi) is 26.8. The molecule has 0 saturated carbocycles. The Bertz CT molecular complexity index is 973. The summed E-state index contributed by atoms with van der Waals surface area (Å²) in [6, 6.07) is 0. The molecule has 0 aromatic heterocycles. The van der Waals surface area contributed by atoms with E-state index in [1.165, 1.54) is 12.2 Å². The third-order valence-electron chi connectivity index (χ3n) is 5.16. The van der Waals surface area contributed by atoms with Crippen LogP contribution in [0.4, 0.5) is 43.9 Å². The molecule has 0 spiro atoms. The van der Waals surface area contributed by atoms with E-state index < -0.39 is 115 Å². The van der Waals surface area contributed by atoms with Crippen molar-refractivity contribution in [1.82, 2.24) is 0 Å². The molecule has 0 rings (SSSR count). The third kappa shape index (κ3) is 31.4. The van der Waals surface area contributed by atoms with Gasteiger partial charge in [-0.1, -0.05) is 12.2 Å². The molecule has 0 aromatic rings. The molecular formula is C29H46F10O15. The van der Waals surface area contributed by atoms with Gasteiger partial charge < -0.3 is 58.0 Å². The van der Waals surface area contributed by atoms with Gasteiger partial charge in [0.05, 0.1) is 79.3 Å². The van der Waals surface area contributed by atoms with E-state index in [4.69, 9.17) is 23.7 Å². The normalized spacial score (nSPS) is 15.0. The fourth-order valence-corrected chi connectivity index (χ4v) is 3.20. The van der Waals surface area contributed by atoms with Gasteiger partial charge in [-0.25, -0.2) is 9.47 Å². The molecular weight excluding hydrogens is 778 g/mol. The molecule has 0 aliphatic rings. The zero-order chi connectivity index (χ0) is 41.2. The lowest BCUT2D eigenvalue weighted by Crippen LogP contribution is -2.44. The van der Waals surface area contributed by atoms with Crippen molar-refractivity contribution in [3.05, 3.63) is 25.3 Å². The van der Waals surface area contributed by atoms with Crippen LogP contribution in [0.25, 0.3) is 0 Å². The lowest BCUT2D eigenvalue weighted by molar-refractivity contribution is -0.518. The van der Waals surface area contributed by atoms with Gasteiger partial charge in [0.1, 0.15) is 51.5 Å². The summed E-state index contributed by atoms with van der Waals surface area (Å²) in [6.45, 7) is -5.32. The van der Waals surface area contributed by atoms with Crippen LogP contribution in [-0.2, 0) is 56.8 Å². The predicted molar refractivity (Wildman–Crippen MR) is 159 cm³/mol. The van der Waals surface area contributed by atoms with Gasteiger partial charge in [0.2, 0.25) is 0 Å². The lowest BCUT2D eigenvalue weighted by Gasteiger charge is -2.26. The summed E-state index contributed by atoms with van der Waals surface area (Å²) in [5.74, 6) is 0. The molecule has 0 bridgehead atoms. The molecule has 0 radical (unpaired) electrons. The van der Waals surface area contributed by atoms with Crippen molar-refractivity contribution in [1.29, 1.82) is 0 Å². The molecule has 0 saturated heterocycles. The van der Waals surface area contributed by atoms with Crippen molar-refractivity contribution in [3.63, 3.8) is 0 Å². The van der Waals surface area contributed by atoms with Crippen molar-refractivity contribution in [2.24, 2.45) is 0 Å². The van der Waals surface area contributed by atoms with Crippen LogP contribution in [-0.4, -0.2) is 177 Å². The number of hydrogen-bond donors (Lipinski definition) is 3. The fourth-order valence-electron chi connectivity index (χ4n) is 3.20. The van der Waals surface area contributed by atoms with Crippen LogP contribution >= 0.6 is 0 Å². The van der Waals surface area contributed by atoms with E-state index in [-0.39, 0.29) is 46.2 Å². The Labute approximate surface area is 303 Å². The number of rotatable bonds is 38. The molecule has 3 N–H and O–H groups in total. The molecule has 322 valence electrons. The summed E-state index contributed by atoms with van der Waals surface area (Å²) in [7, 11) is 0. The zero-order valence-corrected chi connectivity index (χ0v) is 28.8. The highest BCUT2D eigenvalue weighted by Gasteiger charge is 2.52. The number of aliphatic hydroxyl groups excluding tert-OH is 3. The van der Waals surface area contributed by atoms with E-state index >= 15 is 0 Å². The second-order valence-electron chi connectivity index (χ2n) is 10.5. The van der Waals surface area contributed by atoms with Crippen LogP contribution in [0, 0.1) is 0 Å². The first-order valence-electron chi connectivity index (χ1n) is 15.6. The second-order valence-corrected chi connectivity index (χ2v) is 10.5. The topological polar surface area (TPSA) is 171 Å². The van der Waals surface area contributed by atoms with Crippen molar-refractivity contribution < 1.29 is 116 Å². The minimum Gasteiger partial charge on any atom is -0.388 e. The average Bonchev–Trinajstić information content (AvgIpc) is 3.02. The quantitative estimate of drug-likeness (QED) is 0.0359. The number of aliphatic hydroxyl groups is 3. The minimum atomic E-state index is -5.50. The first-order chi connectivity index (χ1) is 25.1. The van der Waals surface area contributed by atoms with Crippen molar-refractivity contribution in [3.8, 4) is 0 Å². The van der Waals surface area contributed by atoms with Gasteiger partial charge in [0.15, 0.2) is 0 Å². The molecule has 0 aromatic carbocycles. The highest BCUT2D eigenvalue weighted by Crippen LogP contribution is 2.33. The maximum absolute atomic E-state index is 13.7. The Morgan fingerprint density at radius 2 is 0.722 bits per heavy atom. The maximum atomic E-state index is 13.7. The van der Waals surface area contributed by atoms with Gasteiger partial charge in [-0.05, 0) is 0 Å². The zero-order valence-electron chi connectivity index (χ0n) is 28.8. The predicted octanol–water partition coefficient (Wildman–Crippen LogP) is 2.52. The Morgan fingerprint density at radius 3 is 1.15 bits per heavy atom. The van der Waals surface area contributed by atoms with E-state index in [0.717, 1.165) is 0 Å². The van der Waals surface area contributed by atoms with Gasteiger partial charge in [0.25, 0.3) is 0 Å². The highest BCUT2D eigenvalue weighted by atomic mass is 19.3. The fraction of sp³-hybridized carbons (Fsp3) is 0.862. The number of ether oxygens (including phenoxy) is 12. The van der Waals surface area contributed by atoms with E-state index in [1.54, 1.807) is 0 Å². The first kappa shape index (κ1) is 52.2. The summed E-state index contributed by atoms with van der Waals surface area (Å²) in [6.07, 6.45) is -25.3. The summed E-state index contributed by atoms with van der Waals surface area (Å²) < 4.78 is 188. The molecule has 0 aliphatic heterocycles. The highest BCUT2D eigenvalue weighted by molar-refractivity contribution is 4.66. The monoisotopic (exact) mass is 824 g/mol. The minimum absolute atomic E-state index is 0.0273. The number of halogens is 10. The van der Waals surface area contributed by atoms with E-state index in [9.17, 15) is 59.2 Å². The van der Waals surface area contributed by atoms with Crippen LogP contribution < -0.4 is 0 Å². The van der Waals surface area contributed by atoms with Crippen molar-refractivity contribution >= 4 is 0 Å². The summed E-state index contributed by atoms with van der Waals surface area (Å²) in [5, 5.41) is 28.7.